The van der Waals surface area contributed by atoms with E-state index in [2.05, 4.69) is 11.9 Å². The lowest BCUT2D eigenvalue weighted by Gasteiger charge is -2.06. The maximum absolute atomic E-state index is 10.5. The van der Waals surface area contributed by atoms with Crippen molar-refractivity contribution < 1.29 is 4.79 Å². The average Bonchev–Trinajstić information content (AvgIpc) is 2.13. The molecule has 1 rings (SSSR count). The van der Waals surface area contributed by atoms with Crippen molar-refractivity contribution >= 4 is 5.91 Å². The number of nitrogens with two attached hydrogens (primary N) is 1. The number of hydrogen-bond acceptors (Lipinski definition) is 2. The fourth-order valence-electron chi connectivity index (χ4n) is 1.48. The van der Waals surface area contributed by atoms with Gasteiger partial charge in [-0.25, -0.2) is 0 Å². The van der Waals surface area contributed by atoms with E-state index in [1.165, 1.54) is 0 Å². The highest BCUT2D eigenvalue weighted by Crippen LogP contribution is 2.16. The molecule has 0 radical (unpaired) electrons. The van der Waals surface area contributed by atoms with E-state index < -0.39 is 0 Å². The predicted molar refractivity (Wildman–Crippen MR) is 39.4 cm³/mol. The number of carbonyl (C=O) groups excluding carboxylic acids is 1. The number of hydrogen-bond donors (Lipinski definition) is 1. The minimum absolute atomic E-state index is 0.166. The van der Waals surface area contributed by atoms with Gasteiger partial charge >= 0.3 is 0 Å². The molecule has 1 saturated heterocycles. The fourth-order valence-corrected chi connectivity index (χ4v) is 1.48. The summed E-state index contributed by atoms with van der Waals surface area (Å²) in [6.07, 6.45) is 1.68. The Morgan fingerprint density at radius 2 is 2.50 bits per heavy atom. The Morgan fingerprint density at radius 3 is 2.90 bits per heavy atom. The first kappa shape index (κ1) is 7.54. The number of likely N-dealkylation sites (tertiary alicyclic amines) is 1. The molecule has 2 N–H and O–H groups in total. The van der Waals surface area contributed by atoms with Crippen molar-refractivity contribution in [3.05, 3.63) is 0 Å². The minimum Gasteiger partial charge on any atom is -0.370 e. The number of amides is 1. The Bertz CT molecular complexity index is 136. The first-order chi connectivity index (χ1) is 4.68. The van der Waals surface area contributed by atoms with Gasteiger partial charge in [-0.2, -0.15) is 0 Å². The molecule has 0 aliphatic carbocycles. The molecule has 10 heavy (non-hydrogen) atoms. The number of carbonyl (C=O) groups is 1. The molecule has 0 aromatic rings. The van der Waals surface area contributed by atoms with Crippen molar-refractivity contribution in [1.29, 1.82) is 0 Å². The molecule has 0 unspecified atom stereocenters. The summed E-state index contributed by atoms with van der Waals surface area (Å²) >= 11 is 0. The van der Waals surface area contributed by atoms with Gasteiger partial charge in [-0.05, 0) is 25.9 Å². The van der Waals surface area contributed by atoms with Crippen LogP contribution in [0.25, 0.3) is 0 Å². The second-order valence-corrected chi connectivity index (χ2v) is 3.09. The lowest BCUT2D eigenvalue weighted by atomic mass is 10.1. The molecule has 3 heteroatoms. The van der Waals surface area contributed by atoms with Crippen LogP contribution in [-0.4, -0.2) is 30.9 Å². The SMILES string of the molecule is CN1CC[C@@H](CC(N)=O)C1. The first-order valence-corrected chi connectivity index (χ1v) is 3.65. The van der Waals surface area contributed by atoms with Crippen LogP contribution in [0.15, 0.2) is 0 Å². The molecule has 1 heterocycles. The van der Waals surface area contributed by atoms with Crippen molar-refractivity contribution in [1.82, 2.24) is 4.90 Å². The molecular formula is C7H14N2O. The Labute approximate surface area is 61.2 Å². The minimum atomic E-state index is -0.166. The van der Waals surface area contributed by atoms with E-state index in [-0.39, 0.29) is 5.91 Å². The molecule has 0 aromatic carbocycles. The molecule has 0 aromatic heterocycles. The lowest BCUT2D eigenvalue weighted by Crippen LogP contribution is -2.19. The second kappa shape index (κ2) is 3.01. The van der Waals surface area contributed by atoms with Crippen molar-refractivity contribution in [3.8, 4) is 0 Å². The van der Waals surface area contributed by atoms with Crippen LogP contribution in [0, 0.1) is 5.92 Å². The molecule has 1 aliphatic heterocycles. The third-order valence-electron chi connectivity index (χ3n) is 1.98. The van der Waals surface area contributed by atoms with E-state index in [1.807, 2.05) is 0 Å². The van der Waals surface area contributed by atoms with Crippen LogP contribution in [0.4, 0.5) is 0 Å². The van der Waals surface area contributed by atoms with E-state index >= 15 is 0 Å². The van der Waals surface area contributed by atoms with Crippen molar-refractivity contribution in [3.63, 3.8) is 0 Å². The number of primary amides is 1. The van der Waals surface area contributed by atoms with Crippen LogP contribution in [0.3, 0.4) is 0 Å². The summed E-state index contributed by atoms with van der Waals surface area (Å²) < 4.78 is 0. The van der Waals surface area contributed by atoms with Gasteiger partial charge in [-0.1, -0.05) is 0 Å². The zero-order valence-electron chi connectivity index (χ0n) is 6.34. The molecule has 0 spiro atoms. The van der Waals surface area contributed by atoms with E-state index in [0.29, 0.717) is 12.3 Å². The van der Waals surface area contributed by atoms with Gasteiger partial charge in [0.15, 0.2) is 0 Å². The van der Waals surface area contributed by atoms with Gasteiger partial charge in [0.2, 0.25) is 5.91 Å². The van der Waals surface area contributed by atoms with Crippen LogP contribution < -0.4 is 5.73 Å². The van der Waals surface area contributed by atoms with Gasteiger partial charge in [0.25, 0.3) is 0 Å². The first-order valence-electron chi connectivity index (χ1n) is 3.65. The van der Waals surface area contributed by atoms with E-state index in [4.69, 9.17) is 5.73 Å². The molecule has 1 atom stereocenters. The second-order valence-electron chi connectivity index (χ2n) is 3.09. The Morgan fingerprint density at radius 1 is 1.80 bits per heavy atom. The van der Waals surface area contributed by atoms with Gasteiger partial charge in [0.1, 0.15) is 0 Å². The standard InChI is InChI=1S/C7H14N2O/c1-9-3-2-6(5-9)4-7(8)10/h6H,2-5H2,1H3,(H2,8,10)/t6-/m0/s1. The van der Waals surface area contributed by atoms with Gasteiger partial charge in [-0.3, -0.25) is 4.79 Å². The predicted octanol–water partition coefficient (Wildman–Crippen LogP) is -0.187. The number of rotatable bonds is 2. The Kier molecular flexibility index (Phi) is 2.27. The van der Waals surface area contributed by atoms with Gasteiger partial charge < -0.3 is 10.6 Å². The van der Waals surface area contributed by atoms with E-state index in [0.717, 1.165) is 19.5 Å². The monoisotopic (exact) mass is 142 g/mol. The molecule has 0 bridgehead atoms. The molecule has 0 saturated carbocycles. The highest BCUT2D eigenvalue weighted by atomic mass is 16.1. The third kappa shape index (κ3) is 1.99. The zero-order valence-corrected chi connectivity index (χ0v) is 6.34. The topological polar surface area (TPSA) is 46.3 Å². The fraction of sp³-hybridized carbons (Fsp3) is 0.857. The van der Waals surface area contributed by atoms with Crippen LogP contribution in [0.5, 0.6) is 0 Å². The van der Waals surface area contributed by atoms with Crippen LogP contribution >= 0.6 is 0 Å². The summed E-state index contributed by atoms with van der Waals surface area (Å²) in [7, 11) is 2.07. The molecule has 1 amide bonds. The van der Waals surface area contributed by atoms with Gasteiger partial charge in [-0.15, -0.1) is 0 Å². The molecule has 58 valence electrons. The maximum atomic E-state index is 10.5. The average molecular weight is 142 g/mol. The van der Waals surface area contributed by atoms with Crippen LogP contribution in [0.1, 0.15) is 12.8 Å². The summed E-state index contributed by atoms with van der Waals surface area (Å²) in [4.78, 5) is 12.7. The molecule has 3 nitrogen and oxygen atoms in total. The molecular weight excluding hydrogens is 128 g/mol. The highest BCUT2D eigenvalue weighted by Gasteiger charge is 2.20. The number of nitrogens with zero attached hydrogens (tertiary/aromatic N) is 1. The summed E-state index contributed by atoms with van der Waals surface area (Å²) in [6.45, 7) is 2.14. The van der Waals surface area contributed by atoms with E-state index in [1.54, 1.807) is 0 Å². The zero-order chi connectivity index (χ0) is 7.56. The Hall–Kier alpha value is -0.570. The largest absolute Gasteiger partial charge is 0.370 e. The quantitative estimate of drug-likeness (QED) is 0.581. The summed E-state index contributed by atoms with van der Waals surface area (Å²) in [5, 5.41) is 0. The third-order valence-corrected chi connectivity index (χ3v) is 1.98. The summed E-state index contributed by atoms with van der Waals surface area (Å²) in [6, 6.07) is 0. The Balaban J connectivity index is 2.24. The van der Waals surface area contributed by atoms with Crippen LogP contribution in [0.2, 0.25) is 0 Å². The smallest absolute Gasteiger partial charge is 0.217 e. The van der Waals surface area contributed by atoms with Gasteiger partial charge in [0, 0.05) is 13.0 Å². The highest BCUT2D eigenvalue weighted by molar-refractivity contribution is 5.74. The molecule has 1 aliphatic rings. The lowest BCUT2D eigenvalue weighted by molar-refractivity contribution is -0.118. The van der Waals surface area contributed by atoms with Crippen molar-refractivity contribution in [2.24, 2.45) is 11.7 Å². The molecule has 1 fully saturated rings. The van der Waals surface area contributed by atoms with Crippen molar-refractivity contribution in [2.75, 3.05) is 20.1 Å². The van der Waals surface area contributed by atoms with Crippen molar-refractivity contribution in [2.45, 2.75) is 12.8 Å². The maximum Gasteiger partial charge on any atom is 0.217 e. The van der Waals surface area contributed by atoms with E-state index in [9.17, 15) is 4.79 Å². The normalized spacial score (nSPS) is 27.1. The van der Waals surface area contributed by atoms with Gasteiger partial charge in [0.05, 0.1) is 0 Å². The van der Waals surface area contributed by atoms with Crippen LogP contribution in [-0.2, 0) is 4.79 Å². The summed E-state index contributed by atoms with van der Waals surface area (Å²) in [5.74, 6) is 0.350. The summed E-state index contributed by atoms with van der Waals surface area (Å²) in [5.41, 5.74) is 5.06.